The normalized spacial score (nSPS) is 17.2. The summed E-state index contributed by atoms with van der Waals surface area (Å²) in [5, 5.41) is 0.373. The summed E-state index contributed by atoms with van der Waals surface area (Å²) in [5.74, 6) is 1.33. The van der Waals surface area contributed by atoms with Crippen LogP contribution >= 0.6 is 11.6 Å². The molecule has 0 saturated carbocycles. The fourth-order valence-electron chi connectivity index (χ4n) is 4.81. The van der Waals surface area contributed by atoms with Crippen LogP contribution < -0.4 is 0 Å². The predicted molar refractivity (Wildman–Crippen MR) is 138 cm³/mol. The molecule has 1 fully saturated rings. The first-order valence-corrected chi connectivity index (χ1v) is 13.0. The number of rotatable bonds is 5. The highest BCUT2D eigenvalue weighted by Crippen LogP contribution is 2.34. The molecule has 7 nitrogen and oxygen atoms in total. The van der Waals surface area contributed by atoms with Crippen molar-refractivity contribution in [3.63, 3.8) is 0 Å². The molecule has 0 unspecified atom stereocenters. The molecule has 2 aromatic rings. The molecule has 0 bridgehead atoms. The van der Waals surface area contributed by atoms with Crippen LogP contribution in [-0.4, -0.2) is 63.1 Å². The van der Waals surface area contributed by atoms with E-state index in [1.54, 1.807) is 4.90 Å². The van der Waals surface area contributed by atoms with E-state index in [1.165, 1.54) is 5.56 Å². The van der Waals surface area contributed by atoms with Crippen molar-refractivity contribution in [3.05, 3.63) is 40.8 Å². The molecule has 2 aliphatic heterocycles. The first-order valence-electron chi connectivity index (χ1n) is 12.7. The molecule has 0 N–H and O–H groups in total. The van der Waals surface area contributed by atoms with Gasteiger partial charge in [-0.2, -0.15) is 0 Å². The van der Waals surface area contributed by atoms with Crippen molar-refractivity contribution >= 4 is 23.6 Å². The first kappa shape index (κ1) is 25.5. The van der Waals surface area contributed by atoms with E-state index < -0.39 is 5.60 Å². The molecule has 8 heteroatoms. The monoisotopic (exact) mass is 500 g/mol. The van der Waals surface area contributed by atoms with Crippen molar-refractivity contribution in [2.75, 3.05) is 26.2 Å². The first-order chi connectivity index (χ1) is 16.5. The van der Waals surface area contributed by atoms with Gasteiger partial charge in [-0.15, -0.1) is 0 Å². The molecule has 0 atom stereocenters. The number of imidazole rings is 1. The average molecular weight is 501 g/mol. The number of hydrogen-bond donors (Lipinski definition) is 0. The molecule has 0 spiro atoms. The van der Waals surface area contributed by atoms with E-state index in [2.05, 4.69) is 43.1 Å². The molecule has 2 aliphatic rings. The number of carbonyl (C=O) groups is 2. The van der Waals surface area contributed by atoms with Crippen LogP contribution in [0, 0.1) is 5.92 Å². The van der Waals surface area contributed by atoms with Gasteiger partial charge in [0.05, 0.1) is 5.69 Å². The fraction of sp³-hybridized carbons (Fsp3) is 0.593. The topological polar surface area (TPSA) is 67.7 Å². The Bertz CT molecular complexity index is 1060. The number of aromatic nitrogens is 2. The van der Waals surface area contributed by atoms with Crippen molar-refractivity contribution in [2.45, 2.75) is 71.9 Å². The predicted octanol–water partition coefficient (Wildman–Crippen LogP) is 5.82. The van der Waals surface area contributed by atoms with Gasteiger partial charge in [0.25, 0.3) is 5.91 Å². The quantitative estimate of drug-likeness (QED) is 0.518. The third kappa shape index (κ3) is 5.83. The van der Waals surface area contributed by atoms with Crippen molar-refractivity contribution in [3.8, 4) is 11.3 Å². The maximum absolute atomic E-state index is 13.0. The number of carbonyl (C=O) groups excluding carboxylic acids is 2. The van der Waals surface area contributed by atoms with Crippen molar-refractivity contribution in [2.24, 2.45) is 5.92 Å². The molecule has 1 aromatic carbocycles. The van der Waals surface area contributed by atoms with Crippen LogP contribution in [0.5, 0.6) is 0 Å². The Morgan fingerprint density at radius 2 is 1.77 bits per heavy atom. The van der Waals surface area contributed by atoms with Crippen LogP contribution in [0.3, 0.4) is 0 Å². The molecule has 2 amide bonds. The number of benzene rings is 1. The SMILES string of the molecule is CC(C)CCN1CCn2c(nc(Cl)c2-c2ccc(C3CCN(C(=O)OC(C)(C)C)CC3)cc2)C1=O. The van der Waals surface area contributed by atoms with E-state index in [4.69, 9.17) is 16.3 Å². The fourth-order valence-corrected chi connectivity index (χ4v) is 5.10. The molecular formula is C27H37ClN4O3. The van der Waals surface area contributed by atoms with Gasteiger partial charge in [-0.05, 0) is 57.4 Å². The van der Waals surface area contributed by atoms with Crippen molar-refractivity contribution in [1.29, 1.82) is 0 Å². The van der Waals surface area contributed by atoms with E-state index in [9.17, 15) is 9.59 Å². The Labute approximate surface area is 213 Å². The van der Waals surface area contributed by atoms with E-state index in [1.807, 2.05) is 30.2 Å². The zero-order chi connectivity index (χ0) is 25.3. The Morgan fingerprint density at radius 1 is 1.11 bits per heavy atom. The second-order valence-electron chi connectivity index (χ2n) is 11.1. The van der Waals surface area contributed by atoms with Crippen molar-refractivity contribution < 1.29 is 14.3 Å². The largest absolute Gasteiger partial charge is 0.444 e. The van der Waals surface area contributed by atoms with Crippen LogP contribution in [0.1, 0.15) is 76.0 Å². The lowest BCUT2D eigenvalue weighted by molar-refractivity contribution is 0.0204. The summed E-state index contributed by atoms with van der Waals surface area (Å²) < 4.78 is 7.47. The second kappa shape index (κ2) is 10.2. The number of hydrogen-bond acceptors (Lipinski definition) is 4. The highest BCUT2D eigenvalue weighted by Gasteiger charge is 2.31. The number of amides is 2. The smallest absolute Gasteiger partial charge is 0.410 e. The summed E-state index contributed by atoms with van der Waals surface area (Å²) >= 11 is 6.54. The zero-order valence-electron chi connectivity index (χ0n) is 21.5. The molecule has 4 rings (SSSR count). The van der Waals surface area contributed by atoms with Crippen molar-refractivity contribution in [1.82, 2.24) is 19.4 Å². The Morgan fingerprint density at radius 3 is 2.37 bits per heavy atom. The van der Waals surface area contributed by atoms with Crippen LogP contribution in [-0.2, 0) is 11.3 Å². The van der Waals surface area contributed by atoms with Gasteiger partial charge < -0.3 is 19.1 Å². The Hall–Kier alpha value is -2.54. The van der Waals surface area contributed by atoms with E-state index in [0.29, 0.717) is 49.0 Å². The van der Waals surface area contributed by atoms with Crippen LogP contribution in [0.15, 0.2) is 24.3 Å². The molecule has 1 aromatic heterocycles. The second-order valence-corrected chi connectivity index (χ2v) is 11.4. The standard InChI is InChI=1S/C27H37ClN4O3/c1-18(2)10-13-30-16-17-32-22(23(28)29-24(32)25(30)33)21-8-6-19(7-9-21)20-11-14-31(15-12-20)26(34)35-27(3,4)5/h6-9,18,20H,10-17H2,1-5H3. The van der Waals surface area contributed by atoms with Crippen LogP contribution in [0.2, 0.25) is 5.15 Å². The minimum absolute atomic E-state index is 0.0431. The molecule has 0 radical (unpaired) electrons. The molecule has 0 aliphatic carbocycles. The van der Waals surface area contributed by atoms with Crippen LogP contribution in [0.25, 0.3) is 11.3 Å². The van der Waals surface area contributed by atoms with Crippen LogP contribution in [0.4, 0.5) is 4.79 Å². The van der Waals surface area contributed by atoms with Gasteiger partial charge in [0.2, 0.25) is 5.82 Å². The molecule has 190 valence electrons. The van der Waals surface area contributed by atoms with E-state index in [-0.39, 0.29) is 12.0 Å². The third-order valence-corrected chi connectivity index (χ3v) is 7.04. The number of piperidine rings is 1. The minimum atomic E-state index is -0.477. The van der Waals surface area contributed by atoms with Gasteiger partial charge in [0.15, 0.2) is 5.15 Å². The maximum Gasteiger partial charge on any atom is 0.410 e. The number of nitrogens with zero attached hydrogens (tertiary/aromatic N) is 4. The number of ether oxygens (including phenoxy) is 1. The van der Waals surface area contributed by atoms with Gasteiger partial charge in [-0.3, -0.25) is 4.79 Å². The van der Waals surface area contributed by atoms with E-state index in [0.717, 1.165) is 37.1 Å². The van der Waals surface area contributed by atoms with Gasteiger partial charge in [-0.1, -0.05) is 49.7 Å². The lowest BCUT2D eigenvalue weighted by Gasteiger charge is -2.33. The molecule has 1 saturated heterocycles. The number of likely N-dealkylation sites (tertiary alicyclic amines) is 1. The summed E-state index contributed by atoms with van der Waals surface area (Å²) in [6.07, 6.45) is 2.55. The third-order valence-electron chi connectivity index (χ3n) is 6.78. The lowest BCUT2D eigenvalue weighted by Crippen LogP contribution is -2.41. The van der Waals surface area contributed by atoms with E-state index >= 15 is 0 Å². The Balaban J connectivity index is 1.43. The summed E-state index contributed by atoms with van der Waals surface area (Å²) in [6.45, 7) is 13.5. The number of halogens is 1. The molecule has 35 heavy (non-hydrogen) atoms. The van der Waals surface area contributed by atoms with Gasteiger partial charge >= 0.3 is 6.09 Å². The lowest BCUT2D eigenvalue weighted by atomic mass is 9.89. The van der Waals surface area contributed by atoms with Gasteiger partial charge in [-0.25, -0.2) is 9.78 Å². The van der Waals surface area contributed by atoms with Gasteiger partial charge in [0.1, 0.15) is 5.60 Å². The number of fused-ring (bicyclic) bond motifs is 1. The summed E-state index contributed by atoms with van der Waals surface area (Å²) in [5.41, 5.74) is 2.55. The molecular weight excluding hydrogens is 464 g/mol. The highest BCUT2D eigenvalue weighted by molar-refractivity contribution is 6.32. The van der Waals surface area contributed by atoms with Gasteiger partial charge in [0, 0.05) is 38.3 Å². The summed E-state index contributed by atoms with van der Waals surface area (Å²) in [7, 11) is 0. The maximum atomic E-state index is 13.0. The minimum Gasteiger partial charge on any atom is -0.444 e. The Kier molecular flexibility index (Phi) is 7.46. The summed E-state index contributed by atoms with van der Waals surface area (Å²) in [4.78, 5) is 33.5. The average Bonchev–Trinajstić information content (AvgIpc) is 3.14. The molecule has 3 heterocycles. The summed E-state index contributed by atoms with van der Waals surface area (Å²) in [6, 6.07) is 8.42. The zero-order valence-corrected chi connectivity index (χ0v) is 22.3. The highest BCUT2D eigenvalue weighted by atomic mass is 35.5.